The number of sulfone groups is 1. The van der Waals surface area contributed by atoms with Gasteiger partial charge >= 0.3 is 0 Å². The molecule has 3 rings (SSSR count). The van der Waals surface area contributed by atoms with Crippen molar-refractivity contribution in [3.63, 3.8) is 0 Å². The summed E-state index contributed by atoms with van der Waals surface area (Å²) in [6, 6.07) is 7.62. The summed E-state index contributed by atoms with van der Waals surface area (Å²) in [6.45, 7) is 4.10. The predicted molar refractivity (Wildman–Crippen MR) is 116 cm³/mol. The Morgan fingerprint density at radius 1 is 1.27 bits per heavy atom. The Morgan fingerprint density at radius 2 is 2.03 bits per heavy atom. The summed E-state index contributed by atoms with van der Waals surface area (Å²) >= 11 is 1.32. The molecular weight excluding hydrogens is 426 g/mol. The molecule has 1 aliphatic rings. The molecule has 30 heavy (non-hydrogen) atoms. The topological polar surface area (TPSA) is 98.0 Å². The zero-order valence-electron chi connectivity index (χ0n) is 17.2. The molecule has 0 bridgehead atoms. The molecule has 1 fully saturated rings. The fourth-order valence-corrected chi connectivity index (χ4v) is 5.75. The molecule has 8 nitrogen and oxygen atoms in total. The smallest absolute Gasteiger partial charge is 0.263 e. The number of amides is 2. The Balaban J connectivity index is 1.75. The molecule has 2 aromatic rings. The van der Waals surface area contributed by atoms with Crippen molar-refractivity contribution in [2.24, 2.45) is 10.9 Å². The molecule has 10 heteroatoms. The van der Waals surface area contributed by atoms with Gasteiger partial charge in [-0.15, -0.1) is 0 Å². The number of aromatic nitrogens is 1. The Kier molecular flexibility index (Phi) is 7.43. The van der Waals surface area contributed by atoms with Crippen molar-refractivity contribution in [3.8, 4) is 0 Å². The summed E-state index contributed by atoms with van der Waals surface area (Å²) in [5, 5.41) is 0. The second-order valence-corrected chi connectivity index (χ2v) is 10.7. The summed E-state index contributed by atoms with van der Waals surface area (Å²) < 4.78 is 32.8. The van der Waals surface area contributed by atoms with Gasteiger partial charge < -0.3 is 14.2 Å². The predicted octanol–water partition coefficient (Wildman–Crippen LogP) is 1.45. The van der Waals surface area contributed by atoms with Gasteiger partial charge in [-0.3, -0.25) is 9.59 Å². The number of thiazole rings is 1. The molecule has 1 saturated heterocycles. The molecule has 0 N–H and O–H groups in total. The maximum absolute atomic E-state index is 12.4. The van der Waals surface area contributed by atoms with Gasteiger partial charge in [0, 0.05) is 26.7 Å². The molecule has 0 aliphatic carbocycles. The molecule has 1 aliphatic heterocycles. The maximum Gasteiger partial charge on any atom is 0.263 e. The number of hydrogen-bond acceptors (Lipinski definition) is 6. The van der Waals surface area contributed by atoms with E-state index in [1.165, 1.54) is 11.3 Å². The Hall–Kier alpha value is -2.04. The highest BCUT2D eigenvalue weighted by molar-refractivity contribution is 7.92. The molecule has 0 radical (unpaired) electrons. The number of nitrogens with zero attached hydrogens (tertiary/aromatic N) is 3. The minimum Gasteiger partial charge on any atom is -0.383 e. The van der Waals surface area contributed by atoms with Crippen LogP contribution in [0.4, 0.5) is 0 Å². The highest BCUT2D eigenvalue weighted by Gasteiger charge is 2.27. The molecule has 1 unspecified atom stereocenters. The van der Waals surface area contributed by atoms with E-state index in [1.54, 1.807) is 12.0 Å². The number of methoxy groups -OCH3 is 1. The standard InChI is InChI=1S/C20H27N3O5S2/c1-15-6-5-9-22(12-15)19(25)14-30(26,27)13-18(24)21-20-23(10-11-28-2)16-7-3-4-8-17(16)29-20/h3-4,7-8,15H,5-6,9-14H2,1-2H3. The monoisotopic (exact) mass is 453 g/mol. The van der Waals surface area contributed by atoms with E-state index >= 15 is 0 Å². The highest BCUT2D eigenvalue weighted by atomic mass is 32.2. The number of hydrogen-bond donors (Lipinski definition) is 0. The van der Waals surface area contributed by atoms with Crippen LogP contribution >= 0.6 is 11.3 Å². The molecule has 2 heterocycles. The quantitative estimate of drug-likeness (QED) is 0.632. The van der Waals surface area contributed by atoms with E-state index < -0.39 is 33.2 Å². The highest BCUT2D eigenvalue weighted by Crippen LogP contribution is 2.17. The number of para-hydroxylation sites is 1. The molecule has 1 aromatic heterocycles. The van der Waals surface area contributed by atoms with E-state index in [9.17, 15) is 18.0 Å². The van der Waals surface area contributed by atoms with Crippen molar-refractivity contribution in [1.29, 1.82) is 0 Å². The SMILES string of the molecule is COCCn1c(=NC(=O)CS(=O)(=O)CC(=O)N2CCCC(C)C2)sc2ccccc21. The molecule has 0 saturated carbocycles. The second kappa shape index (κ2) is 9.84. The first-order valence-electron chi connectivity index (χ1n) is 9.92. The van der Waals surface area contributed by atoms with Crippen molar-refractivity contribution in [2.45, 2.75) is 26.3 Å². The molecule has 2 amide bonds. The lowest BCUT2D eigenvalue weighted by molar-refractivity contribution is -0.130. The molecule has 0 spiro atoms. The van der Waals surface area contributed by atoms with E-state index in [4.69, 9.17) is 4.74 Å². The summed E-state index contributed by atoms with van der Waals surface area (Å²) in [5.74, 6) is -2.28. The number of carbonyl (C=O) groups excluding carboxylic acids is 2. The van der Waals surface area contributed by atoms with E-state index in [2.05, 4.69) is 4.99 Å². The van der Waals surface area contributed by atoms with Gasteiger partial charge in [-0.1, -0.05) is 30.4 Å². The van der Waals surface area contributed by atoms with Gasteiger partial charge in [0.15, 0.2) is 14.6 Å². The number of likely N-dealkylation sites (tertiary alicyclic amines) is 1. The third-order valence-electron chi connectivity index (χ3n) is 5.02. The minimum atomic E-state index is -3.89. The van der Waals surface area contributed by atoms with Crippen LogP contribution in [0.3, 0.4) is 0 Å². The van der Waals surface area contributed by atoms with Gasteiger partial charge in [0.2, 0.25) is 5.91 Å². The number of benzene rings is 1. The summed E-state index contributed by atoms with van der Waals surface area (Å²) in [4.78, 5) is 30.9. The van der Waals surface area contributed by atoms with Crippen molar-refractivity contribution < 1.29 is 22.7 Å². The van der Waals surface area contributed by atoms with Gasteiger partial charge in [0.25, 0.3) is 5.91 Å². The van der Waals surface area contributed by atoms with Crippen LogP contribution in [0, 0.1) is 5.92 Å². The van der Waals surface area contributed by atoms with Crippen molar-refractivity contribution >= 4 is 43.2 Å². The molecule has 164 valence electrons. The first-order valence-corrected chi connectivity index (χ1v) is 12.6. The summed E-state index contributed by atoms with van der Waals surface area (Å²) in [5.41, 5.74) is 0.906. The number of carbonyl (C=O) groups is 2. The molecule has 1 aromatic carbocycles. The summed E-state index contributed by atoms with van der Waals surface area (Å²) in [7, 11) is -2.30. The number of piperidine rings is 1. The van der Waals surface area contributed by atoms with Crippen LogP contribution in [-0.2, 0) is 30.7 Å². The summed E-state index contributed by atoms with van der Waals surface area (Å²) in [6.07, 6.45) is 1.90. The Morgan fingerprint density at radius 3 is 2.77 bits per heavy atom. The van der Waals surface area contributed by atoms with Crippen LogP contribution in [0.5, 0.6) is 0 Å². The molecule has 1 atom stereocenters. The normalized spacial score (nSPS) is 18.1. The van der Waals surface area contributed by atoms with Gasteiger partial charge in [-0.25, -0.2) is 8.42 Å². The largest absolute Gasteiger partial charge is 0.383 e. The van der Waals surface area contributed by atoms with Gasteiger partial charge in [-0.05, 0) is 30.9 Å². The number of rotatable bonds is 7. The third-order valence-corrected chi connectivity index (χ3v) is 7.46. The van der Waals surface area contributed by atoms with Crippen LogP contribution in [0.15, 0.2) is 29.3 Å². The van der Waals surface area contributed by atoms with E-state index in [0.717, 1.165) is 23.1 Å². The van der Waals surface area contributed by atoms with Crippen molar-refractivity contribution in [1.82, 2.24) is 9.47 Å². The maximum atomic E-state index is 12.4. The lowest BCUT2D eigenvalue weighted by atomic mass is 10.0. The van der Waals surface area contributed by atoms with Gasteiger partial charge in [0.05, 0.1) is 16.8 Å². The Bertz CT molecular complexity index is 1090. The lowest BCUT2D eigenvalue weighted by Gasteiger charge is -2.30. The van der Waals surface area contributed by atoms with Crippen LogP contribution in [0.1, 0.15) is 19.8 Å². The zero-order valence-corrected chi connectivity index (χ0v) is 18.9. The van der Waals surface area contributed by atoms with E-state index in [0.29, 0.717) is 37.0 Å². The first kappa shape index (κ1) is 22.6. The first-order chi connectivity index (χ1) is 14.3. The fourth-order valence-electron chi connectivity index (χ4n) is 3.58. The van der Waals surface area contributed by atoms with Crippen molar-refractivity contribution in [3.05, 3.63) is 29.1 Å². The minimum absolute atomic E-state index is 0.359. The van der Waals surface area contributed by atoms with Gasteiger partial charge in [-0.2, -0.15) is 4.99 Å². The van der Waals surface area contributed by atoms with Gasteiger partial charge in [0.1, 0.15) is 11.5 Å². The van der Waals surface area contributed by atoms with E-state index in [1.807, 2.05) is 35.8 Å². The van der Waals surface area contributed by atoms with Crippen LogP contribution in [0.2, 0.25) is 0 Å². The van der Waals surface area contributed by atoms with Crippen molar-refractivity contribution in [2.75, 3.05) is 38.3 Å². The lowest BCUT2D eigenvalue weighted by Crippen LogP contribution is -2.42. The number of fused-ring (bicyclic) bond motifs is 1. The van der Waals surface area contributed by atoms with Crippen LogP contribution < -0.4 is 4.80 Å². The average molecular weight is 454 g/mol. The zero-order chi connectivity index (χ0) is 21.7. The van der Waals surface area contributed by atoms with Crippen LogP contribution in [-0.4, -0.2) is 68.0 Å². The number of ether oxygens (including phenoxy) is 1. The van der Waals surface area contributed by atoms with E-state index in [-0.39, 0.29) is 0 Å². The average Bonchev–Trinajstić information content (AvgIpc) is 3.02. The second-order valence-electron chi connectivity index (χ2n) is 7.62. The Labute approximate surface area is 180 Å². The molecular formula is C20H27N3O5S2. The fraction of sp³-hybridized carbons (Fsp3) is 0.550. The third kappa shape index (κ3) is 5.77. The van der Waals surface area contributed by atoms with Crippen LogP contribution in [0.25, 0.3) is 10.2 Å².